The lowest BCUT2D eigenvalue weighted by molar-refractivity contribution is -0.138. The lowest BCUT2D eigenvalue weighted by Gasteiger charge is -2.05. The zero-order valence-electron chi connectivity index (χ0n) is 7.66. The summed E-state index contributed by atoms with van der Waals surface area (Å²) in [5, 5.41) is 17.5. The molecule has 1 rings (SSSR count). The normalized spacial score (nSPS) is 10.7. The molecule has 1 unspecified atom stereocenters. The summed E-state index contributed by atoms with van der Waals surface area (Å²) in [5.41, 5.74) is 5.90. The molecule has 7 heteroatoms. The summed E-state index contributed by atoms with van der Waals surface area (Å²) >= 11 is 0. The second kappa shape index (κ2) is 7.28. The first kappa shape index (κ1) is 16.4. The predicted molar refractivity (Wildman–Crippen MR) is 59.7 cm³/mol. The van der Waals surface area contributed by atoms with Crippen LogP contribution >= 0.6 is 24.8 Å². The van der Waals surface area contributed by atoms with Crippen molar-refractivity contribution in [3.8, 4) is 5.75 Å². The number of carbonyl (C=O) groups is 1. The molecule has 0 saturated heterocycles. The van der Waals surface area contributed by atoms with Crippen molar-refractivity contribution in [3.05, 3.63) is 24.0 Å². The third kappa shape index (κ3) is 5.41. The van der Waals surface area contributed by atoms with Gasteiger partial charge in [-0.1, -0.05) is 0 Å². The maximum atomic E-state index is 10.4. The number of hydrogen-bond acceptors (Lipinski definition) is 4. The van der Waals surface area contributed by atoms with Gasteiger partial charge >= 0.3 is 5.97 Å². The Morgan fingerprint density at radius 3 is 2.53 bits per heavy atom. The van der Waals surface area contributed by atoms with E-state index in [1.807, 2.05) is 0 Å². The van der Waals surface area contributed by atoms with Gasteiger partial charge in [0.2, 0.25) is 0 Å². The molecule has 0 saturated carbocycles. The first-order valence-electron chi connectivity index (χ1n) is 3.71. The molecule has 86 valence electrons. The van der Waals surface area contributed by atoms with E-state index in [1.54, 1.807) is 0 Å². The van der Waals surface area contributed by atoms with E-state index in [2.05, 4.69) is 4.98 Å². The highest BCUT2D eigenvalue weighted by Crippen LogP contribution is 2.09. The van der Waals surface area contributed by atoms with E-state index in [9.17, 15) is 4.79 Å². The van der Waals surface area contributed by atoms with E-state index in [-0.39, 0.29) is 37.0 Å². The van der Waals surface area contributed by atoms with Crippen LogP contribution in [-0.2, 0) is 11.2 Å². The van der Waals surface area contributed by atoms with Crippen LogP contribution in [0.15, 0.2) is 18.5 Å². The van der Waals surface area contributed by atoms with Crippen LogP contribution in [0.3, 0.4) is 0 Å². The smallest absolute Gasteiger partial charge is 0.320 e. The number of halogens is 2. The van der Waals surface area contributed by atoms with Gasteiger partial charge < -0.3 is 15.9 Å². The van der Waals surface area contributed by atoms with Crippen molar-refractivity contribution in [3.63, 3.8) is 0 Å². The number of aromatic nitrogens is 1. The van der Waals surface area contributed by atoms with Crippen molar-refractivity contribution in [2.24, 2.45) is 5.73 Å². The van der Waals surface area contributed by atoms with Gasteiger partial charge in [-0.25, -0.2) is 0 Å². The Morgan fingerprint density at radius 1 is 1.47 bits per heavy atom. The van der Waals surface area contributed by atoms with Gasteiger partial charge in [0.15, 0.2) is 0 Å². The standard InChI is InChI=1S/C8H10N2O3.2ClH/c9-7(8(12)13)2-5-1-6(11)4-10-3-5;;/h1,3-4,7,11H,2,9H2,(H,12,13);2*1H. The summed E-state index contributed by atoms with van der Waals surface area (Å²) in [4.78, 5) is 14.1. The molecule has 0 radical (unpaired) electrons. The minimum absolute atomic E-state index is 0. The van der Waals surface area contributed by atoms with Gasteiger partial charge in [0.1, 0.15) is 11.8 Å². The van der Waals surface area contributed by atoms with Crippen LogP contribution in [0.2, 0.25) is 0 Å². The van der Waals surface area contributed by atoms with E-state index in [1.165, 1.54) is 18.5 Å². The molecule has 1 aromatic heterocycles. The maximum Gasteiger partial charge on any atom is 0.320 e. The Kier molecular flexibility index (Phi) is 7.95. The Bertz CT molecular complexity index is 323. The van der Waals surface area contributed by atoms with Crippen LogP contribution in [0.5, 0.6) is 5.75 Å². The lowest BCUT2D eigenvalue weighted by Crippen LogP contribution is -2.32. The zero-order valence-corrected chi connectivity index (χ0v) is 9.29. The fourth-order valence-electron chi connectivity index (χ4n) is 0.927. The predicted octanol–water partition coefficient (Wildman–Crippen LogP) is 0.585. The maximum absolute atomic E-state index is 10.4. The molecule has 0 aromatic carbocycles. The highest BCUT2D eigenvalue weighted by molar-refractivity contribution is 5.85. The summed E-state index contributed by atoms with van der Waals surface area (Å²) in [6.07, 6.45) is 2.91. The average molecular weight is 255 g/mol. The van der Waals surface area contributed by atoms with E-state index in [0.717, 1.165) is 0 Å². The number of aliphatic carboxylic acids is 1. The number of hydrogen-bond donors (Lipinski definition) is 3. The lowest BCUT2D eigenvalue weighted by atomic mass is 10.1. The van der Waals surface area contributed by atoms with Crippen molar-refractivity contribution in [1.29, 1.82) is 0 Å². The van der Waals surface area contributed by atoms with Crippen LogP contribution in [0.4, 0.5) is 0 Å². The Balaban J connectivity index is 0. The second-order valence-corrected chi connectivity index (χ2v) is 2.70. The van der Waals surface area contributed by atoms with Crippen LogP contribution in [0.1, 0.15) is 5.56 Å². The summed E-state index contributed by atoms with van der Waals surface area (Å²) in [6.45, 7) is 0. The molecular formula is C8H12Cl2N2O3. The molecule has 0 aliphatic carbocycles. The van der Waals surface area contributed by atoms with Crippen molar-refractivity contribution < 1.29 is 15.0 Å². The molecule has 5 nitrogen and oxygen atoms in total. The Hall–Kier alpha value is -1.04. The number of rotatable bonds is 3. The largest absolute Gasteiger partial charge is 0.506 e. The number of aromatic hydroxyl groups is 1. The third-order valence-corrected chi connectivity index (χ3v) is 1.55. The number of nitrogens with zero attached hydrogens (tertiary/aromatic N) is 1. The molecule has 0 bridgehead atoms. The minimum Gasteiger partial charge on any atom is -0.506 e. The van der Waals surface area contributed by atoms with Crippen molar-refractivity contribution in [1.82, 2.24) is 4.98 Å². The summed E-state index contributed by atoms with van der Waals surface area (Å²) in [7, 11) is 0. The summed E-state index contributed by atoms with van der Waals surface area (Å²) in [6, 6.07) is 0.485. The second-order valence-electron chi connectivity index (χ2n) is 2.70. The van der Waals surface area contributed by atoms with Crippen LogP contribution in [0.25, 0.3) is 0 Å². The molecule has 0 spiro atoms. The number of pyridine rings is 1. The fraction of sp³-hybridized carbons (Fsp3) is 0.250. The zero-order chi connectivity index (χ0) is 9.84. The molecule has 1 atom stereocenters. The number of carboxylic acid groups (broad SMARTS) is 1. The molecule has 4 N–H and O–H groups in total. The number of carboxylic acids is 1. The third-order valence-electron chi connectivity index (χ3n) is 1.55. The molecule has 0 aliphatic heterocycles. The number of nitrogens with two attached hydrogens (primary N) is 1. The average Bonchev–Trinajstić information content (AvgIpc) is 2.04. The quantitative estimate of drug-likeness (QED) is 0.734. The van der Waals surface area contributed by atoms with Gasteiger partial charge in [0.05, 0.1) is 6.20 Å². The minimum atomic E-state index is -1.07. The van der Waals surface area contributed by atoms with Gasteiger partial charge in [-0.05, 0) is 18.1 Å². The molecule has 0 fully saturated rings. The van der Waals surface area contributed by atoms with Crippen molar-refractivity contribution >= 4 is 30.8 Å². The SMILES string of the molecule is Cl.Cl.NC(Cc1cncc(O)c1)C(=O)O. The summed E-state index contributed by atoms with van der Waals surface area (Å²) < 4.78 is 0. The Morgan fingerprint density at radius 2 is 2.07 bits per heavy atom. The molecular weight excluding hydrogens is 243 g/mol. The van der Waals surface area contributed by atoms with E-state index in [4.69, 9.17) is 15.9 Å². The first-order chi connectivity index (χ1) is 6.09. The van der Waals surface area contributed by atoms with Gasteiger partial charge in [0, 0.05) is 6.20 Å². The van der Waals surface area contributed by atoms with Crippen molar-refractivity contribution in [2.75, 3.05) is 0 Å². The van der Waals surface area contributed by atoms with Crippen molar-refractivity contribution in [2.45, 2.75) is 12.5 Å². The van der Waals surface area contributed by atoms with E-state index >= 15 is 0 Å². The monoisotopic (exact) mass is 254 g/mol. The fourth-order valence-corrected chi connectivity index (χ4v) is 0.927. The topological polar surface area (TPSA) is 96.4 Å². The van der Waals surface area contributed by atoms with Gasteiger partial charge in [-0.2, -0.15) is 0 Å². The molecule has 1 heterocycles. The van der Waals surface area contributed by atoms with Crippen LogP contribution in [0, 0.1) is 0 Å². The molecule has 0 aliphatic rings. The van der Waals surface area contributed by atoms with Crippen LogP contribution < -0.4 is 5.73 Å². The summed E-state index contributed by atoms with van der Waals surface area (Å²) in [5.74, 6) is -1.06. The van der Waals surface area contributed by atoms with Gasteiger partial charge in [-0.15, -0.1) is 24.8 Å². The Labute approximate surface area is 99.1 Å². The van der Waals surface area contributed by atoms with Crippen LogP contribution in [-0.4, -0.2) is 27.2 Å². The first-order valence-corrected chi connectivity index (χ1v) is 3.71. The molecule has 15 heavy (non-hydrogen) atoms. The highest BCUT2D eigenvalue weighted by Gasteiger charge is 2.12. The molecule has 1 aromatic rings. The van der Waals surface area contributed by atoms with Gasteiger partial charge in [-0.3, -0.25) is 9.78 Å². The molecule has 0 amide bonds. The van der Waals surface area contributed by atoms with E-state index in [0.29, 0.717) is 5.56 Å². The van der Waals surface area contributed by atoms with Gasteiger partial charge in [0.25, 0.3) is 0 Å². The van der Waals surface area contributed by atoms with E-state index < -0.39 is 12.0 Å². The highest BCUT2D eigenvalue weighted by atomic mass is 35.5.